The van der Waals surface area contributed by atoms with Gasteiger partial charge in [0.2, 0.25) is 5.96 Å². The van der Waals surface area contributed by atoms with Crippen molar-refractivity contribution < 1.29 is 31.4 Å². The molecule has 1 aromatic rings. The van der Waals surface area contributed by atoms with Gasteiger partial charge in [-0.3, -0.25) is 4.90 Å². The number of morpholine rings is 1. The van der Waals surface area contributed by atoms with Gasteiger partial charge in [0.15, 0.2) is 0 Å². The summed E-state index contributed by atoms with van der Waals surface area (Å²) in [5, 5.41) is 1.59. The molecule has 0 unspecified atom stereocenters. The number of hydrazine groups is 1. The molecule has 3 aliphatic heterocycles. The van der Waals surface area contributed by atoms with Crippen molar-refractivity contribution in [1.82, 2.24) is 14.9 Å². The Morgan fingerprint density at radius 1 is 1.18 bits per heavy atom. The van der Waals surface area contributed by atoms with Gasteiger partial charge in [-0.1, -0.05) is 11.6 Å². The highest BCUT2D eigenvalue weighted by molar-refractivity contribution is 6.77. The van der Waals surface area contributed by atoms with Crippen LogP contribution in [0.4, 0.5) is 22.0 Å². The Hall–Kier alpha value is -2.28. The lowest BCUT2D eigenvalue weighted by atomic mass is 10.1. The molecule has 33 heavy (non-hydrogen) atoms. The average molecular weight is 494 g/mol. The minimum Gasteiger partial charge on any atom is -0.492 e. The fourth-order valence-electron chi connectivity index (χ4n) is 3.59. The Bertz CT molecular complexity index is 971. The van der Waals surface area contributed by atoms with Crippen LogP contribution in [0.2, 0.25) is 0 Å². The van der Waals surface area contributed by atoms with Crippen molar-refractivity contribution in [2.45, 2.75) is 19.1 Å². The first-order valence-corrected chi connectivity index (χ1v) is 10.6. The Morgan fingerprint density at radius 2 is 1.85 bits per heavy atom. The second kappa shape index (κ2) is 9.53. The van der Waals surface area contributed by atoms with Crippen molar-refractivity contribution in [3.05, 3.63) is 35.5 Å². The van der Waals surface area contributed by atoms with E-state index in [0.29, 0.717) is 19.8 Å². The van der Waals surface area contributed by atoms with E-state index >= 15 is 0 Å². The van der Waals surface area contributed by atoms with Crippen LogP contribution in [0.3, 0.4) is 0 Å². The van der Waals surface area contributed by atoms with Crippen LogP contribution >= 0.6 is 11.6 Å². The van der Waals surface area contributed by atoms with Crippen LogP contribution in [0, 0.1) is 11.6 Å². The quantitative estimate of drug-likeness (QED) is 0.568. The topological polar surface area (TPSA) is 52.9 Å². The van der Waals surface area contributed by atoms with E-state index in [9.17, 15) is 22.0 Å². The molecule has 0 radical (unpaired) electrons. The number of hydrogen-bond acceptors (Lipinski definition) is 7. The molecule has 3 aliphatic rings. The summed E-state index contributed by atoms with van der Waals surface area (Å²) in [6, 6.07) is 0.110. The zero-order chi connectivity index (χ0) is 23.8. The molecule has 4 rings (SSSR count). The van der Waals surface area contributed by atoms with E-state index in [4.69, 9.17) is 21.1 Å². The molecule has 0 bridgehead atoms. The summed E-state index contributed by atoms with van der Waals surface area (Å²) in [6.07, 6.45) is -3.44. The first kappa shape index (κ1) is 23.9. The van der Waals surface area contributed by atoms with Gasteiger partial charge in [-0.2, -0.15) is 23.2 Å². The number of allylic oxidation sites excluding steroid dienone is 1. The van der Waals surface area contributed by atoms with Crippen molar-refractivity contribution in [3.63, 3.8) is 0 Å². The molecule has 1 atom stereocenters. The zero-order valence-corrected chi connectivity index (χ0v) is 18.3. The van der Waals surface area contributed by atoms with Gasteiger partial charge in [0.1, 0.15) is 41.9 Å². The van der Waals surface area contributed by atoms with Crippen LogP contribution in [0.5, 0.6) is 5.75 Å². The molecular formula is C20H21ClF5N5O2. The normalized spacial score (nSPS) is 20.8. The monoisotopic (exact) mass is 493 g/mol. The minimum absolute atomic E-state index is 0.0118. The zero-order valence-electron chi connectivity index (χ0n) is 17.6. The van der Waals surface area contributed by atoms with Crippen LogP contribution in [0.15, 0.2) is 28.3 Å². The highest BCUT2D eigenvalue weighted by Gasteiger charge is 2.45. The molecule has 0 aliphatic carbocycles. The van der Waals surface area contributed by atoms with Crippen LogP contribution in [0.1, 0.15) is 12.5 Å². The summed E-state index contributed by atoms with van der Waals surface area (Å²) in [4.78, 5) is 9.95. The maximum atomic E-state index is 14.9. The summed E-state index contributed by atoms with van der Waals surface area (Å²) in [6.45, 7) is 4.18. The number of alkyl halides is 3. The van der Waals surface area contributed by atoms with E-state index in [1.807, 2.05) is 0 Å². The summed E-state index contributed by atoms with van der Waals surface area (Å²) in [5.74, 6) is -2.07. The minimum atomic E-state index is -4.54. The number of rotatable bonds is 6. The Morgan fingerprint density at radius 3 is 2.48 bits per heavy atom. The number of aliphatic imine (C=N–C) groups is 2. The lowest BCUT2D eigenvalue weighted by Gasteiger charge is -2.34. The van der Waals surface area contributed by atoms with E-state index in [0.717, 1.165) is 48.4 Å². The fraction of sp³-hybridized carbons (Fsp3) is 0.500. The Labute approximate surface area is 191 Å². The van der Waals surface area contributed by atoms with Crippen molar-refractivity contribution in [1.29, 1.82) is 0 Å². The van der Waals surface area contributed by atoms with E-state index in [-0.39, 0.29) is 35.7 Å². The van der Waals surface area contributed by atoms with Gasteiger partial charge < -0.3 is 9.47 Å². The Kier molecular flexibility index (Phi) is 6.89. The molecule has 1 fully saturated rings. The van der Waals surface area contributed by atoms with E-state index < -0.39 is 29.4 Å². The number of benzene rings is 1. The predicted octanol–water partition coefficient (Wildman–Crippen LogP) is 3.46. The van der Waals surface area contributed by atoms with Gasteiger partial charge in [-0.05, 0) is 6.92 Å². The summed E-state index contributed by atoms with van der Waals surface area (Å²) >= 11 is 6.11. The van der Waals surface area contributed by atoms with E-state index in [2.05, 4.69) is 14.9 Å². The van der Waals surface area contributed by atoms with Crippen LogP contribution in [-0.2, 0) is 4.74 Å². The van der Waals surface area contributed by atoms with Crippen LogP contribution in [-0.4, -0.2) is 84.4 Å². The number of fused-ring (bicyclic) bond motifs is 1. The fourth-order valence-corrected chi connectivity index (χ4v) is 3.81. The van der Waals surface area contributed by atoms with Gasteiger partial charge in [-0.15, -0.1) is 0 Å². The molecule has 3 heterocycles. The first-order valence-electron chi connectivity index (χ1n) is 10.2. The van der Waals surface area contributed by atoms with E-state index in [1.54, 1.807) is 0 Å². The average Bonchev–Trinajstić information content (AvgIpc) is 3.15. The lowest BCUT2D eigenvalue weighted by molar-refractivity contribution is -0.196. The molecular weight excluding hydrogens is 473 g/mol. The maximum absolute atomic E-state index is 14.9. The summed E-state index contributed by atoms with van der Waals surface area (Å²) in [5.41, 5.74) is -0.721. The largest absolute Gasteiger partial charge is 0.492 e. The van der Waals surface area contributed by atoms with Crippen LogP contribution in [0.25, 0.3) is 5.57 Å². The third kappa shape index (κ3) is 5.13. The number of hydrogen-bond donors (Lipinski definition) is 0. The first-order chi connectivity index (χ1) is 15.6. The molecule has 0 saturated carbocycles. The summed E-state index contributed by atoms with van der Waals surface area (Å²) < 4.78 is 80.2. The van der Waals surface area contributed by atoms with Crippen molar-refractivity contribution in [2.24, 2.45) is 9.98 Å². The SMILES string of the molecule is C[C@H](N1CN=C2N=C(Cl)C(c3c(F)cc(OCCN4CCOCC4)cc3F)=CN21)C(F)(F)F. The number of nitrogens with zero attached hydrogens (tertiary/aromatic N) is 5. The molecule has 7 nitrogen and oxygen atoms in total. The van der Waals surface area contributed by atoms with E-state index in [1.165, 1.54) is 0 Å². The maximum Gasteiger partial charge on any atom is 0.405 e. The van der Waals surface area contributed by atoms with Gasteiger partial charge >= 0.3 is 6.18 Å². The second-order valence-electron chi connectivity index (χ2n) is 7.61. The second-order valence-corrected chi connectivity index (χ2v) is 7.97. The number of guanidine groups is 1. The number of halogens is 6. The van der Waals surface area contributed by atoms with Crippen molar-refractivity contribution in [2.75, 3.05) is 46.1 Å². The molecule has 0 N–H and O–H groups in total. The lowest BCUT2D eigenvalue weighted by Crippen LogP contribution is -2.50. The molecule has 180 valence electrons. The molecule has 1 saturated heterocycles. The molecule has 13 heteroatoms. The Balaban J connectivity index is 1.52. The van der Waals surface area contributed by atoms with Crippen LogP contribution < -0.4 is 4.74 Å². The third-order valence-corrected chi connectivity index (χ3v) is 5.78. The van der Waals surface area contributed by atoms with Crippen molar-refractivity contribution in [3.8, 4) is 5.75 Å². The molecule has 1 aromatic carbocycles. The van der Waals surface area contributed by atoms with Gasteiger partial charge in [0.05, 0.1) is 18.8 Å². The van der Waals surface area contributed by atoms with Gasteiger partial charge in [0.25, 0.3) is 0 Å². The predicted molar refractivity (Wildman–Crippen MR) is 112 cm³/mol. The highest BCUT2D eigenvalue weighted by Crippen LogP contribution is 2.34. The number of ether oxygens (including phenoxy) is 2. The van der Waals surface area contributed by atoms with Gasteiger partial charge in [-0.25, -0.2) is 18.8 Å². The smallest absolute Gasteiger partial charge is 0.405 e. The van der Waals surface area contributed by atoms with Crippen molar-refractivity contribution >= 4 is 28.3 Å². The third-order valence-electron chi connectivity index (χ3n) is 5.50. The molecule has 0 aromatic heterocycles. The standard InChI is InChI=1S/C20H21ClF5N5O2/c1-12(20(24,25)26)31-11-27-19-28-18(21)14(10-30(19)31)17-15(22)8-13(9-16(17)23)33-7-4-29-2-5-32-6-3-29/h8-10,12H,2-7,11H2,1H3/t12-/m0/s1. The highest BCUT2D eigenvalue weighted by atomic mass is 35.5. The van der Waals surface area contributed by atoms with Gasteiger partial charge in [0, 0.05) is 43.5 Å². The molecule has 0 spiro atoms. The molecule has 0 amide bonds. The summed E-state index contributed by atoms with van der Waals surface area (Å²) in [7, 11) is 0.